The van der Waals surface area contributed by atoms with Crippen molar-refractivity contribution in [3.05, 3.63) is 59.9 Å². The number of amides is 1. The molecule has 1 aliphatic rings. The minimum Gasteiger partial charge on any atom is -0.327 e. The van der Waals surface area contributed by atoms with Gasteiger partial charge in [-0.25, -0.2) is 4.98 Å². The molecule has 1 fully saturated rings. The van der Waals surface area contributed by atoms with Crippen LogP contribution in [0.5, 0.6) is 0 Å². The molecule has 0 bridgehead atoms. The Morgan fingerprint density at radius 3 is 2.55 bits per heavy atom. The Morgan fingerprint density at radius 1 is 1.07 bits per heavy atom. The van der Waals surface area contributed by atoms with Crippen LogP contribution in [-0.2, 0) is 13.1 Å². The maximum absolute atomic E-state index is 12.5. The van der Waals surface area contributed by atoms with Crippen LogP contribution in [0.4, 0.5) is 5.69 Å². The summed E-state index contributed by atoms with van der Waals surface area (Å²) in [6.07, 6.45) is 1.06. The summed E-state index contributed by atoms with van der Waals surface area (Å²) in [6.45, 7) is 8.37. The van der Waals surface area contributed by atoms with E-state index in [1.807, 2.05) is 42.5 Å². The van der Waals surface area contributed by atoms with Crippen LogP contribution in [0.1, 0.15) is 29.5 Å². The van der Waals surface area contributed by atoms with Gasteiger partial charge >= 0.3 is 0 Å². The summed E-state index contributed by atoms with van der Waals surface area (Å²) in [5, 5.41) is 2.99. The van der Waals surface area contributed by atoms with Gasteiger partial charge < -0.3 is 14.8 Å². The number of hydrogen-bond donors (Lipinski definition) is 1. The molecule has 0 aliphatic carbocycles. The molecule has 4 rings (SSSR count). The van der Waals surface area contributed by atoms with E-state index in [9.17, 15) is 4.79 Å². The van der Waals surface area contributed by atoms with Crippen molar-refractivity contribution >= 4 is 22.6 Å². The molecule has 1 N–H and O–H groups in total. The monoisotopic (exact) mass is 391 g/mol. The van der Waals surface area contributed by atoms with E-state index in [1.165, 1.54) is 0 Å². The molecule has 0 atom stereocenters. The van der Waals surface area contributed by atoms with Gasteiger partial charge in [0.1, 0.15) is 5.82 Å². The van der Waals surface area contributed by atoms with E-state index in [1.54, 1.807) is 0 Å². The van der Waals surface area contributed by atoms with E-state index in [-0.39, 0.29) is 5.91 Å². The fraction of sp³-hybridized carbons (Fsp3) is 0.391. The summed E-state index contributed by atoms with van der Waals surface area (Å²) in [7, 11) is 2.18. The van der Waals surface area contributed by atoms with Crippen LogP contribution in [0.3, 0.4) is 0 Å². The van der Waals surface area contributed by atoms with Crippen molar-refractivity contribution in [3.8, 4) is 0 Å². The highest BCUT2D eigenvalue weighted by Crippen LogP contribution is 2.23. The molecule has 1 saturated heterocycles. The van der Waals surface area contributed by atoms with E-state index in [4.69, 9.17) is 4.98 Å². The van der Waals surface area contributed by atoms with Gasteiger partial charge in [0.05, 0.1) is 17.6 Å². The van der Waals surface area contributed by atoms with E-state index in [0.717, 1.165) is 68.2 Å². The highest BCUT2D eigenvalue weighted by Gasteiger charge is 2.18. The number of nitrogens with zero attached hydrogens (tertiary/aromatic N) is 4. The summed E-state index contributed by atoms with van der Waals surface area (Å²) in [4.78, 5) is 22.3. The Morgan fingerprint density at radius 2 is 1.83 bits per heavy atom. The topological polar surface area (TPSA) is 53.4 Å². The molecule has 6 nitrogen and oxygen atoms in total. The maximum Gasteiger partial charge on any atom is 0.255 e. The first-order valence-corrected chi connectivity index (χ1v) is 10.4. The highest BCUT2D eigenvalue weighted by atomic mass is 16.1. The highest BCUT2D eigenvalue weighted by molar-refractivity contribution is 6.04. The third-order valence-corrected chi connectivity index (χ3v) is 5.53. The van der Waals surface area contributed by atoms with Crippen LogP contribution in [0.2, 0.25) is 0 Å². The number of nitrogens with one attached hydrogen (secondary N) is 1. The van der Waals surface area contributed by atoms with E-state index in [0.29, 0.717) is 5.56 Å². The van der Waals surface area contributed by atoms with Crippen LogP contribution >= 0.6 is 0 Å². The van der Waals surface area contributed by atoms with Crippen molar-refractivity contribution < 1.29 is 4.79 Å². The summed E-state index contributed by atoms with van der Waals surface area (Å²) >= 11 is 0. The number of benzene rings is 2. The third kappa shape index (κ3) is 4.49. The molecule has 0 radical (unpaired) electrons. The number of imidazole rings is 1. The van der Waals surface area contributed by atoms with Crippen molar-refractivity contribution in [1.82, 2.24) is 19.4 Å². The number of carbonyl (C=O) groups excluding carboxylic acids is 1. The summed E-state index contributed by atoms with van der Waals surface area (Å²) in [6, 6.07) is 15.3. The lowest BCUT2D eigenvalue weighted by Crippen LogP contribution is -2.44. The van der Waals surface area contributed by atoms with Gasteiger partial charge in [0.15, 0.2) is 0 Å². The predicted molar refractivity (Wildman–Crippen MR) is 117 cm³/mol. The van der Waals surface area contributed by atoms with Gasteiger partial charge in [0, 0.05) is 44.0 Å². The molecule has 1 aliphatic heterocycles. The van der Waals surface area contributed by atoms with Crippen LogP contribution < -0.4 is 5.32 Å². The lowest BCUT2D eigenvalue weighted by molar-refractivity contribution is 0.102. The zero-order valence-electron chi connectivity index (χ0n) is 17.3. The molecule has 1 aromatic heterocycles. The number of fused-ring (bicyclic) bond motifs is 1. The smallest absolute Gasteiger partial charge is 0.255 e. The summed E-state index contributed by atoms with van der Waals surface area (Å²) in [5.41, 5.74) is 3.50. The summed E-state index contributed by atoms with van der Waals surface area (Å²) in [5.74, 6) is 1.01. The molecule has 0 saturated carbocycles. The predicted octanol–water partition coefficient (Wildman–Crippen LogP) is 3.45. The van der Waals surface area contributed by atoms with Gasteiger partial charge in [0.2, 0.25) is 0 Å². The lowest BCUT2D eigenvalue weighted by Gasteiger charge is -2.32. The molecule has 2 aromatic carbocycles. The van der Waals surface area contributed by atoms with Crippen LogP contribution in [0.25, 0.3) is 11.0 Å². The number of rotatable bonds is 6. The number of carbonyl (C=O) groups is 1. The zero-order chi connectivity index (χ0) is 20.2. The molecule has 0 unspecified atom stereocenters. The Bertz CT molecular complexity index is 974. The fourth-order valence-corrected chi connectivity index (χ4v) is 3.85. The van der Waals surface area contributed by atoms with Crippen molar-refractivity contribution in [2.45, 2.75) is 26.4 Å². The quantitative estimate of drug-likeness (QED) is 0.699. The van der Waals surface area contributed by atoms with E-state index in [2.05, 4.69) is 39.7 Å². The summed E-state index contributed by atoms with van der Waals surface area (Å²) < 4.78 is 2.33. The van der Waals surface area contributed by atoms with Gasteiger partial charge in [0.25, 0.3) is 5.91 Å². The Hall–Kier alpha value is -2.70. The van der Waals surface area contributed by atoms with E-state index < -0.39 is 0 Å². The molecule has 0 spiro atoms. The molecule has 3 aromatic rings. The Balaban J connectivity index is 1.57. The van der Waals surface area contributed by atoms with Crippen LogP contribution in [0, 0.1) is 0 Å². The number of anilines is 1. The molecule has 2 heterocycles. The van der Waals surface area contributed by atoms with E-state index >= 15 is 0 Å². The van der Waals surface area contributed by atoms with Gasteiger partial charge in [-0.3, -0.25) is 9.69 Å². The second-order valence-electron chi connectivity index (χ2n) is 7.78. The average Bonchev–Trinajstić information content (AvgIpc) is 3.07. The van der Waals surface area contributed by atoms with Crippen molar-refractivity contribution in [2.75, 3.05) is 38.5 Å². The van der Waals surface area contributed by atoms with Crippen LogP contribution in [-0.4, -0.2) is 58.5 Å². The molecule has 152 valence electrons. The number of hydrogen-bond acceptors (Lipinski definition) is 4. The molecular weight excluding hydrogens is 362 g/mol. The SMILES string of the molecule is CCCn1c(CN2CCN(C)CC2)nc2cc(NC(=O)c3ccccc3)ccc21. The van der Waals surface area contributed by atoms with Gasteiger partial charge in [-0.05, 0) is 43.8 Å². The van der Waals surface area contributed by atoms with Gasteiger partial charge in [-0.1, -0.05) is 25.1 Å². The third-order valence-electron chi connectivity index (χ3n) is 5.53. The fourth-order valence-electron chi connectivity index (χ4n) is 3.85. The minimum absolute atomic E-state index is 0.101. The Kier molecular flexibility index (Phi) is 5.92. The van der Waals surface area contributed by atoms with Crippen molar-refractivity contribution in [1.29, 1.82) is 0 Å². The van der Waals surface area contributed by atoms with Gasteiger partial charge in [-0.15, -0.1) is 0 Å². The number of aromatic nitrogens is 2. The normalized spacial score (nSPS) is 15.7. The number of aryl methyl sites for hydroxylation is 1. The molecular formula is C23H29N5O. The number of piperazine rings is 1. The Labute approximate surface area is 172 Å². The first-order valence-electron chi connectivity index (χ1n) is 10.4. The molecule has 1 amide bonds. The number of likely N-dealkylation sites (N-methyl/N-ethyl adjacent to an activating group) is 1. The maximum atomic E-state index is 12.5. The van der Waals surface area contributed by atoms with Crippen molar-refractivity contribution in [2.24, 2.45) is 0 Å². The average molecular weight is 392 g/mol. The van der Waals surface area contributed by atoms with Gasteiger partial charge in [-0.2, -0.15) is 0 Å². The molecule has 6 heteroatoms. The first-order chi connectivity index (χ1) is 14.1. The van der Waals surface area contributed by atoms with Crippen LogP contribution in [0.15, 0.2) is 48.5 Å². The van der Waals surface area contributed by atoms with Crippen molar-refractivity contribution in [3.63, 3.8) is 0 Å². The standard InChI is InChI=1S/C23H29N5O/c1-3-11-28-21-10-9-19(24-23(29)18-7-5-4-6-8-18)16-20(21)25-22(28)17-27-14-12-26(2)13-15-27/h4-10,16H,3,11-15,17H2,1-2H3,(H,24,29). The largest absolute Gasteiger partial charge is 0.327 e. The second-order valence-corrected chi connectivity index (χ2v) is 7.78. The zero-order valence-corrected chi connectivity index (χ0v) is 17.3. The molecule has 29 heavy (non-hydrogen) atoms. The minimum atomic E-state index is -0.101. The second kappa shape index (κ2) is 8.76. The lowest BCUT2D eigenvalue weighted by atomic mass is 10.2. The first kappa shape index (κ1) is 19.6.